The summed E-state index contributed by atoms with van der Waals surface area (Å²) in [5.41, 5.74) is 42.2. The minimum absolute atomic E-state index is 0.0301. The number of nitrogens with zero attached hydrogens (tertiary/aromatic N) is 18. The second-order valence-corrected chi connectivity index (χ2v) is 40.1. The van der Waals surface area contributed by atoms with E-state index in [0.29, 0.717) is 150 Å². The first kappa shape index (κ1) is 112. The number of aryl methyl sites for hydroxylation is 4. The van der Waals surface area contributed by atoms with Gasteiger partial charge in [0, 0.05) is 107 Å². The number of morpholine rings is 1. The van der Waals surface area contributed by atoms with Crippen molar-refractivity contribution in [2.75, 3.05) is 95.1 Å². The van der Waals surface area contributed by atoms with E-state index < -0.39 is 58.0 Å². The number of rotatable bonds is 34. The van der Waals surface area contributed by atoms with Gasteiger partial charge in [0.15, 0.2) is 22.6 Å². The number of halogens is 3. The van der Waals surface area contributed by atoms with Crippen LogP contribution in [0.1, 0.15) is 199 Å². The molecule has 0 aliphatic carbocycles. The Balaban J connectivity index is 0.000000195. The normalized spacial score (nSPS) is 12.6. The lowest BCUT2D eigenvalue weighted by atomic mass is 10.1. The Morgan fingerprint density at radius 3 is 0.993 bits per heavy atom. The number of hydrogen-bond donors (Lipinski definition) is 11. The monoisotopic (exact) mass is 2000 g/mol. The SMILES string of the molecule is Cc1ccc(-c2nn(C(C)(C)CNC(=O)CCCCCN)c3ncnc(N)c23)cc1.Cc1ccc(-c2nn(C(C)(C)CNC(=O)CCCCCNC(=O)OC(C)(C)C)c3ncnc(N)c23)cc1.Cc1ccc(-c2nn(C(C)(C)CNC(=O)CCCNC(=O)OC(C)(C)C)c3ncnc(N)c23)cc1.Cc1ccc(-c2nn(C(C)(C)CNC(=O)c3cc(CN4CCOCC4)ccn3)c3ncnc(N)c23)cc1.O=CC(F)(F)F. The number of aldehydes is 1. The Hall–Kier alpha value is -14.8. The van der Waals surface area contributed by atoms with Gasteiger partial charge in [0.25, 0.3) is 5.91 Å². The van der Waals surface area contributed by atoms with Gasteiger partial charge in [-0.25, -0.2) is 68.2 Å². The minimum atomic E-state index is -4.64. The van der Waals surface area contributed by atoms with Crippen LogP contribution >= 0.6 is 0 Å². The molecule has 0 spiro atoms. The first-order valence-corrected chi connectivity index (χ1v) is 48.2. The molecule has 1 saturated heterocycles. The summed E-state index contributed by atoms with van der Waals surface area (Å²) in [6, 6.07) is 36.1. The molecule has 6 amide bonds. The van der Waals surface area contributed by atoms with Gasteiger partial charge in [0.1, 0.15) is 88.3 Å². The van der Waals surface area contributed by atoms with Crippen LogP contribution in [0, 0.1) is 27.7 Å². The number of fused-ring (bicyclic) bond motifs is 4. The molecule has 1 aliphatic rings. The summed E-state index contributed by atoms with van der Waals surface area (Å²) >= 11 is 0. The number of pyridine rings is 1. The van der Waals surface area contributed by atoms with Gasteiger partial charge in [-0.1, -0.05) is 132 Å². The fourth-order valence-corrected chi connectivity index (χ4v) is 15.3. The highest BCUT2D eigenvalue weighted by atomic mass is 19.4. The van der Waals surface area contributed by atoms with Gasteiger partial charge in [-0.3, -0.25) is 33.9 Å². The van der Waals surface area contributed by atoms with Gasteiger partial charge in [-0.05, 0) is 181 Å². The van der Waals surface area contributed by atoms with Crippen molar-refractivity contribution in [1.82, 2.24) is 121 Å². The van der Waals surface area contributed by atoms with E-state index in [2.05, 4.69) is 81.7 Å². The fourth-order valence-electron chi connectivity index (χ4n) is 15.3. The molecule has 0 saturated carbocycles. The standard InChI is InChI=1S/C27H32N8O2.C27H39N7O3.C25H35N7O3.C22H31N7O.C2HF3O/c1-18-4-6-20(7-5-18)23-22-24(28)31-17-32-25(22)35(33-23)27(2,3)16-30-26(36)21-14-19(8-9-29-21)15-34-10-12-37-13-11-34;1-18-11-13-19(14-12-18)22-21-23(28)31-17-32-24(21)34(33-22)27(5,6)16-30-20(35)10-8-7-9-15-29-25(36)37-26(2,3)4;1-16-9-11-17(12-10-16)20-19-21(26)29-15-30-22(19)32(31-20)25(5,6)14-28-18(33)8-7-13-27-23(34)35-24(2,3)4;1-15-8-10-16(11-9-15)19-18-20(24)26-14-27-21(18)29(28-19)22(2,3)13-25-17(30)7-5-4-6-12-23;3-2(4,5)1-6/h4-9,14,17H,10-13,15-16H2,1-3H3,(H,30,36)(H2,28,31,32);11-14,17H,7-10,15-16H2,1-6H3,(H,29,36)(H,30,35)(H2,28,31,32);9-12,15H,7-8,13-14H2,1-6H3,(H,27,34)(H,28,33)(H2,26,29,30);8-11,14H,4-7,12-13,23H2,1-3H3,(H,25,30)(H2,24,26,27);1H. The number of anilines is 4. The predicted octanol–water partition coefficient (Wildman–Crippen LogP) is 14.1. The van der Waals surface area contributed by atoms with Crippen molar-refractivity contribution >= 4 is 110 Å². The number of nitrogens with two attached hydrogens (primary N) is 5. The van der Waals surface area contributed by atoms with Crippen LogP contribution < -0.4 is 60.6 Å². The molecule has 776 valence electrons. The number of unbranched alkanes of at least 4 members (excludes halogenated alkanes) is 4. The summed E-state index contributed by atoms with van der Waals surface area (Å²) in [6.45, 7) is 42.0. The molecule has 4 aromatic carbocycles. The molecule has 0 unspecified atom stereocenters. The highest BCUT2D eigenvalue weighted by molar-refractivity contribution is 6.02. The fraction of sp³-hybridized carbons (Fsp3) is 0.456. The van der Waals surface area contributed by atoms with Crippen molar-refractivity contribution in [2.24, 2.45) is 5.73 Å². The van der Waals surface area contributed by atoms with E-state index in [1.807, 2.05) is 227 Å². The quantitative estimate of drug-likeness (QED) is 0.0132. The molecule has 0 bridgehead atoms. The zero-order valence-electron chi connectivity index (χ0n) is 86.1. The summed E-state index contributed by atoms with van der Waals surface area (Å²) in [4.78, 5) is 124. The van der Waals surface area contributed by atoms with Gasteiger partial charge in [0.2, 0.25) is 24.0 Å². The number of alkyl halides is 3. The second-order valence-electron chi connectivity index (χ2n) is 40.1. The van der Waals surface area contributed by atoms with Crippen LogP contribution in [0.3, 0.4) is 0 Å². The summed E-state index contributed by atoms with van der Waals surface area (Å²) in [5, 5.41) is 39.7. The predicted molar refractivity (Wildman–Crippen MR) is 554 cm³/mol. The molecule has 145 heavy (non-hydrogen) atoms. The molecule has 39 nitrogen and oxygen atoms in total. The number of hydrogen-bond acceptors (Lipinski definition) is 29. The smallest absolute Gasteiger partial charge is 0.444 e. The maximum Gasteiger partial charge on any atom is 0.446 e. The molecular weight excluding hydrogens is 1860 g/mol. The van der Waals surface area contributed by atoms with E-state index in [4.69, 9.17) is 68.1 Å². The molecule has 0 atom stereocenters. The molecule has 13 aromatic rings. The van der Waals surface area contributed by atoms with Gasteiger partial charge in [0.05, 0.1) is 56.9 Å². The summed E-state index contributed by atoms with van der Waals surface area (Å²) in [5.74, 6) is 1.13. The number of benzene rings is 4. The van der Waals surface area contributed by atoms with E-state index in [0.717, 1.165) is 127 Å². The molecule has 9 aromatic heterocycles. The third-order valence-electron chi connectivity index (χ3n) is 23.2. The van der Waals surface area contributed by atoms with Gasteiger partial charge in [-0.15, -0.1) is 0 Å². The van der Waals surface area contributed by atoms with Crippen LogP contribution in [0.2, 0.25) is 0 Å². The summed E-state index contributed by atoms with van der Waals surface area (Å²) in [7, 11) is 0. The Labute approximate surface area is 841 Å². The lowest BCUT2D eigenvalue weighted by Gasteiger charge is -2.27. The Kier molecular flexibility index (Phi) is 38.6. The van der Waals surface area contributed by atoms with E-state index >= 15 is 0 Å². The highest BCUT2D eigenvalue weighted by Gasteiger charge is 2.35. The largest absolute Gasteiger partial charge is 0.446 e. The summed E-state index contributed by atoms with van der Waals surface area (Å²) in [6.07, 6.45) is 7.57. The number of alkyl carbamates (subject to hydrolysis) is 2. The number of nitrogens with one attached hydrogen (secondary N) is 6. The van der Waals surface area contributed by atoms with Crippen LogP contribution in [0.4, 0.5) is 46.0 Å². The van der Waals surface area contributed by atoms with Crippen LogP contribution in [-0.2, 0) is 62.1 Å². The van der Waals surface area contributed by atoms with Crippen molar-refractivity contribution < 1.29 is 60.9 Å². The molecular formula is C103H138F3N29O10. The Morgan fingerprint density at radius 1 is 0.393 bits per heavy atom. The van der Waals surface area contributed by atoms with Gasteiger partial charge in [-0.2, -0.15) is 33.6 Å². The van der Waals surface area contributed by atoms with Crippen LogP contribution in [0.5, 0.6) is 0 Å². The minimum Gasteiger partial charge on any atom is -0.444 e. The number of ether oxygens (including phenoxy) is 3. The first-order chi connectivity index (χ1) is 68.4. The van der Waals surface area contributed by atoms with Crippen LogP contribution in [-0.4, -0.2) is 220 Å². The average Bonchev–Trinajstić information content (AvgIpc) is 1.62. The molecule has 0 radical (unpaired) electrons. The molecule has 42 heteroatoms. The maximum absolute atomic E-state index is 13.1. The van der Waals surface area contributed by atoms with E-state index in [-0.39, 0.29) is 30.0 Å². The molecule has 14 rings (SSSR count). The first-order valence-electron chi connectivity index (χ1n) is 48.2. The number of aromatic nitrogens is 17. The van der Waals surface area contributed by atoms with Crippen molar-refractivity contribution in [3.05, 3.63) is 174 Å². The van der Waals surface area contributed by atoms with Crippen molar-refractivity contribution in [2.45, 2.75) is 235 Å². The summed E-state index contributed by atoms with van der Waals surface area (Å²) < 4.78 is 54.3. The van der Waals surface area contributed by atoms with Crippen molar-refractivity contribution in [3.8, 4) is 45.0 Å². The van der Waals surface area contributed by atoms with Crippen molar-refractivity contribution in [1.29, 1.82) is 0 Å². The number of carbonyl (C=O) groups excluding carboxylic acids is 7. The molecule has 10 heterocycles. The zero-order chi connectivity index (χ0) is 106. The third-order valence-corrected chi connectivity index (χ3v) is 23.2. The Bertz CT molecular complexity index is 6560. The lowest BCUT2D eigenvalue weighted by Crippen LogP contribution is -2.41. The van der Waals surface area contributed by atoms with Crippen molar-refractivity contribution in [3.63, 3.8) is 0 Å². The second kappa shape index (κ2) is 49.9. The number of nitrogen functional groups attached to an aromatic ring is 4. The average molecular weight is 2000 g/mol. The highest BCUT2D eigenvalue weighted by Crippen LogP contribution is 2.39. The third kappa shape index (κ3) is 32.3. The lowest BCUT2D eigenvalue weighted by molar-refractivity contribution is -0.156. The van der Waals surface area contributed by atoms with Gasteiger partial charge >= 0.3 is 18.4 Å². The molecule has 1 fully saturated rings. The maximum atomic E-state index is 13.1. The number of amides is 6. The van der Waals surface area contributed by atoms with E-state index in [9.17, 15) is 41.9 Å². The van der Waals surface area contributed by atoms with E-state index in [1.165, 1.54) is 30.9 Å². The topological polar surface area (TPSA) is 540 Å². The number of carbonyl (C=O) groups is 7. The molecule has 16 N–H and O–H groups in total. The Morgan fingerprint density at radius 2 is 0.690 bits per heavy atom. The molecule has 1 aliphatic heterocycles. The van der Waals surface area contributed by atoms with Gasteiger partial charge < -0.3 is 74.8 Å². The zero-order valence-corrected chi connectivity index (χ0v) is 86.1. The van der Waals surface area contributed by atoms with E-state index in [1.54, 1.807) is 31.6 Å². The van der Waals surface area contributed by atoms with Crippen LogP contribution in [0.25, 0.3) is 89.2 Å². The van der Waals surface area contributed by atoms with Crippen LogP contribution in [0.15, 0.2) is 141 Å².